The van der Waals surface area contributed by atoms with Crippen LogP contribution in [0.25, 0.3) is 6.08 Å². The molecule has 0 radical (unpaired) electrons. The molecule has 1 aliphatic rings. The summed E-state index contributed by atoms with van der Waals surface area (Å²) < 4.78 is 11.5. The van der Waals surface area contributed by atoms with Crippen LogP contribution in [0.5, 0.6) is 11.5 Å². The van der Waals surface area contributed by atoms with E-state index in [4.69, 9.17) is 15.4 Å². The molecule has 164 valence electrons. The Morgan fingerprint density at radius 3 is 2.61 bits per heavy atom. The zero-order valence-corrected chi connectivity index (χ0v) is 17.6. The van der Waals surface area contributed by atoms with Crippen LogP contribution in [0.15, 0.2) is 48.5 Å². The van der Waals surface area contributed by atoms with Gasteiger partial charge in [0.15, 0.2) is 11.5 Å². The highest BCUT2D eigenvalue weighted by atomic mass is 16.7. The fraction of sp³-hybridized carbons (Fsp3) is 0.333. The van der Waals surface area contributed by atoms with Crippen molar-refractivity contribution in [1.82, 2.24) is 0 Å². The molecule has 0 unspecified atom stereocenters. The Labute approximate surface area is 182 Å². The number of rotatable bonds is 8. The summed E-state index contributed by atoms with van der Waals surface area (Å²) in [6, 6.07) is 12.0. The highest BCUT2D eigenvalue weighted by molar-refractivity contribution is 6.06. The number of methoxy groups -OCH3 is 1. The zero-order valence-electron chi connectivity index (χ0n) is 17.6. The molecular formula is C24H28N2O5. The molecular weight excluding hydrogens is 396 g/mol. The van der Waals surface area contributed by atoms with Crippen molar-refractivity contribution in [3.63, 3.8) is 0 Å². The van der Waals surface area contributed by atoms with Crippen LogP contribution in [0, 0.1) is 5.92 Å². The van der Waals surface area contributed by atoms with Crippen LogP contribution in [0.4, 0.5) is 5.69 Å². The normalized spacial score (nSPS) is 14.3. The number of hydrogen-bond donors (Lipinski definition) is 2. The number of para-hydroxylation sites is 1. The van der Waals surface area contributed by atoms with Crippen molar-refractivity contribution in [3.8, 4) is 11.5 Å². The van der Waals surface area contributed by atoms with Gasteiger partial charge in [0.1, 0.15) is 0 Å². The molecule has 1 amide bonds. The second kappa shape index (κ2) is 11.2. The molecule has 0 saturated heterocycles. The van der Waals surface area contributed by atoms with Crippen molar-refractivity contribution >= 4 is 23.6 Å². The van der Waals surface area contributed by atoms with E-state index in [1.165, 1.54) is 44.2 Å². The Kier molecular flexibility index (Phi) is 8.06. The summed E-state index contributed by atoms with van der Waals surface area (Å²) in [5.74, 6) is 5.74. The smallest absolute Gasteiger partial charge is 0.358 e. The quantitative estimate of drug-likeness (QED) is 0.483. The van der Waals surface area contributed by atoms with E-state index in [9.17, 15) is 9.59 Å². The van der Waals surface area contributed by atoms with Crippen LogP contribution in [-0.2, 0) is 9.63 Å². The molecule has 31 heavy (non-hydrogen) atoms. The Hall–Kier alpha value is -3.32. The van der Waals surface area contributed by atoms with Gasteiger partial charge in [0.05, 0.1) is 25.0 Å². The highest BCUT2D eigenvalue weighted by Gasteiger charge is 2.15. The maximum Gasteiger partial charge on any atom is 0.358 e. The van der Waals surface area contributed by atoms with Crippen molar-refractivity contribution in [2.24, 2.45) is 11.8 Å². The molecule has 0 heterocycles. The summed E-state index contributed by atoms with van der Waals surface area (Å²) in [6.07, 6.45) is 9.32. The maximum absolute atomic E-state index is 12.3. The van der Waals surface area contributed by atoms with E-state index >= 15 is 0 Å². The first-order valence-electron chi connectivity index (χ1n) is 10.4. The summed E-state index contributed by atoms with van der Waals surface area (Å²) in [6.45, 7) is 0.693. The third-order valence-electron chi connectivity index (χ3n) is 5.33. The van der Waals surface area contributed by atoms with Gasteiger partial charge in [-0.2, -0.15) is 5.90 Å². The van der Waals surface area contributed by atoms with Crippen LogP contribution in [0.3, 0.4) is 0 Å². The van der Waals surface area contributed by atoms with Crippen LogP contribution < -0.4 is 20.7 Å². The van der Waals surface area contributed by atoms with Crippen molar-refractivity contribution < 1.29 is 23.9 Å². The molecule has 1 saturated carbocycles. The molecule has 0 spiro atoms. The Bertz CT molecular complexity index is 935. The summed E-state index contributed by atoms with van der Waals surface area (Å²) in [5.41, 5.74) is 1.27. The van der Waals surface area contributed by atoms with Crippen LogP contribution >= 0.6 is 0 Å². The number of nitrogens with two attached hydrogens (primary N) is 1. The van der Waals surface area contributed by atoms with Crippen LogP contribution in [-0.4, -0.2) is 25.6 Å². The minimum atomic E-state index is -0.728. The second-order valence-corrected chi connectivity index (χ2v) is 7.50. The van der Waals surface area contributed by atoms with Gasteiger partial charge in [-0.1, -0.05) is 37.5 Å². The first kappa shape index (κ1) is 22.4. The standard InChI is InChI=1S/C24H28N2O5/c1-29-22-15-17(11-13-21(22)30-16-18-7-3-2-4-8-18)12-14-23(27)26-20-10-6-5-9-19(20)24(28)31-25/h5-6,9-15,18H,2-4,7-8,16,25H2,1H3,(H,26,27)/b14-12+. The van der Waals surface area contributed by atoms with Gasteiger partial charge in [-0.15, -0.1) is 0 Å². The number of anilines is 1. The number of nitrogens with one attached hydrogen (secondary N) is 1. The fourth-order valence-electron chi connectivity index (χ4n) is 3.65. The molecule has 3 N–H and O–H groups in total. The third-order valence-corrected chi connectivity index (χ3v) is 5.33. The maximum atomic E-state index is 12.3. The molecule has 1 fully saturated rings. The van der Waals surface area contributed by atoms with E-state index in [2.05, 4.69) is 10.2 Å². The summed E-state index contributed by atoms with van der Waals surface area (Å²) in [7, 11) is 1.59. The topological polar surface area (TPSA) is 99.9 Å². The largest absolute Gasteiger partial charge is 0.493 e. The van der Waals surface area contributed by atoms with Crippen LogP contribution in [0.1, 0.15) is 48.0 Å². The predicted molar refractivity (Wildman–Crippen MR) is 119 cm³/mol. The van der Waals surface area contributed by atoms with Gasteiger partial charge in [0.2, 0.25) is 5.91 Å². The average molecular weight is 424 g/mol. The second-order valence-electron chi connectivity index (χ2n) is 7.50. The first-order valence-corrected chi connectivity index (χ1v) is 10.4. The number of carbonyl (C=O) groups is 2. The first-order chi connectivity index (χ1) is 15.1. The lowest BCUT2D eigenvalue weighted by Gasteiger charge is -2.22. The van der Waals surface area contributed by atoms with Gasteiger partial charge < -0.3 is 19.6 Å². The van der Waals surface area contributed by atoms with Gasteiger partial charge in [-0.25, -0.2) is 4.79 Å². The van der Waals surface area contributed by atoms with Gasteiger partial charge in [0.25, 0.3) is 0 Å². The Balaban J connectivity index is 1.62. The van der Waals surface area contributed by atoms with Crippen LogP contribution in [0.2, 0.25) is 0 Å². The highest BCUT2D eigenvalue weighted by Crippen LogP contribution is 2.31. The van der Waals surface area contributed by atoms with Gasteiger partial charge in [0, 0.05) is 6.08 Å². The summed E-state index contributed by atoms with van der Waals surface area (Å²) in [4.78, 5) is 28.3. The van der Waals surface area contributed by atoms with Crippen molar-refractivity contribution in [2.75, 3.05) is 19.0 Å². The molecule has 2 aromatic carbocycles. The molecule has 7 nitrogen and oxygen atoms in total. The predicted octanol–water partition coefficient (Wildman–Crippen LogP) is 4.34. The van der Waals surface area contributed by atoms with E-state index in [1.807, 2.05) is 18.2 Å². The summed E-state index contributed by atoms with van der Waals surface area (Å²) >= 11 is 0. The molecule has 2 aromatic rings. The van der Waals surface area contributed by atoms with Gasteiger partial charge in [-0.3, -0.25) is 4.79 Å². The van der Waals surface area contributed by atoms with E-state index in [-0.39, 0.29) is 5.56 Å². The molecule has 3 rings (SSSR count). The van der Waals surface area contributed by atoms with E-state index in [0.29, 0.717) is 29.7 Å². The van der Waals surface area contributed by atoms with E-state index in [1.54, 1.807) is 31.4 Å². The molecule has 0 atom stereocenters. The monoisotopic (exact) mass is 424 g/mol. The number of benzene rings is 2. The van der Waals surface area contributed by atoms with Crippen molar-refractivity contribution in [3.05, 3.63) is 59.7 Å². The van der Waals surface area contributed by atoms with Gasteiger partial charge in [-0.05, 0) is 54.7 Å². The minimum absolute atomic E-state index is 0.174. The number of ether oxygens (including phenoxy) is 2. The molecule has 7 heteroatoms. The average Bonchev–Trinajstić information content (AvgIpc) is 2.82. The summed E-state index contributed by atoms with van der Waals surface area (Å²) in [5, 5.41) is 2.65. The lowest BCUT2D eigenvalue weighted by atomic mass is 9.90. The third kappa shape index (κ3) is 6.33. The number of amides is 1. The van der Waals surface area contributed by atoms with E-state index in [0.717, 1.165) is 5.56 Å². The molecule has 0 bridgehead atoms. The van der Waals surface area contributed by atoms with Gasteiger partial charge >= 0.3 is 5.97 Å². The van der Waals surface area contributed by atoms with E-state index < -0.39 is 11.9 Å². The molecule has 0 aromatic heterocycles. The minimum Gasteiger partial charge on any atom is -0.493 e. The SMILES string of the molecule is COc1cc(/C=C/C(=O)Nc2ccccc2C(=O)ON)ccc1OCC1CCCCC1. The fourth-order valence-corrected chi connectivity index (χ4v) is 3.65. The Morgan fingerprint density at radius 2 is 1.87 bits per heavy atom. The molecule has 0 aliphatic heterocycles. The lowest BCUT2D eigenvalue weighted by Crippen LogP contribution is -2.15. The number of hydrogen-bond acceptors (Lipinski definition) is 6. The lowest BCUT2D eigenvalue weighted by molar-refractivity contribution is -0.111. The Morgan fingerprint density at radius 1 is 1.10 bits per heavy atom. The van der Waals surface area contributed by atoms with Crippen molar-refractivity contribution in [2.45, 2.75) is 32.1 Å². The zero-order chi connectivity index (χ0) is 22.1. The van der Waals surface area contributed by atoms with Crippen molar-refractivity contribution in [1.29, 1.82) is 0 Å². The number of carbonyl (C=O) groups excluding carboxylic acids is 2. The molecule has 1 aliphatic carbocycles.